The maximum atomic E-state index is 12.2. The molecule has 2 fully saturated rings. The normalized spacial score (nSPS) is 23.5. The van der Waals surface area contributed by atoms with Gasteiger partial charge in [0.2, 0.25) is 10.0 Å². The monoisotopic (exact) mass is 467 g/mol. The van der Waals surface area contributed by atoms with Crippen molar-refractivity contribution in [3.8, 4) is 0 Å². The first-order valence-corrected chi connectivity index (χ1v) is 11.1. The molecule has 1 aromatic heterocycles. The van der Waals surface area contributed by atoms with Crippen molar-refractivity contribution < 1.29 is 41.0 Å². The number of rotatable bonds is 6. The Hall–Kier alpha value is -2.25. The van der Waals surface area contributed by atoms with Gasteiger partial charge in [-0.25, -0.2) is 13.2 Å². The quantitative estimate of drug-likeness (QED) is 0.642. The standard InChI is InChI=1S/C16H23N3O4S.C2HF3O2/c1-2-6-24(21,22)19-9-14-13(11-23-15(14)10-19)8-18-16(20)12-4-3-5-17-7-12;3-2(4,5)1(6)7/h3-5,7,13-15H,2,6,8-11H2,1H3,(H,18,20);(H,6,7)/t13-,14+,15+;/m0./s1. The lowest BCUT2D eigenvalue weighted by atomic mass is 9.93. The van der Waals surface area contributed by atoms with Crippen LogP contribution in [-0.2, 0) is 19.6 Å². The molecule has 1 amide bonds. The molecule has 3 rings (SSSR count). The van der Waals surface area contributed by atoms with Gasteiger partial charge in [-0.1, -0.05) is 6.92 Å². The zero-order chi connectivity index (χ0) is 23.2. The van der Waals surface area contributed by atoms with Gasteiger partial charge in [-0.2, -0.15) is 17.5 Å². The molecule has 3 atom stereocenters. The van der Waals surface area contributed by atoms with E-state index in [2.05, 4.69) is 10.3 Å². The number of ether oxygens (including phenoxy) is 1. The van der Waals surface area contributed by atoms with E-state index in [-0.39, 0.29) is 29.6 Å². The third-order valence-corrected chi connectivity index (χ3v) is 6.96. The average Bonchev–Trinajstić information content (AvgIpc) is 3.28. The Bertz CT molecular complexity index is 866. The molecule has 0 bridgehead atoms. The summed E-state index contributed by atoms with van der Waals surface area (Å²) in [6.45, 7) is 3.82. The third-order valence-electron chi connectivity index (χ3n) is 4.95. The van der Waals surface area contributed by atoms with Crippen molar-refractivity contribution in [1.82, 2.24) is 14.6 Å². The second-order valence-electron chi connectivity index (χ2n) is 7.18. The van der Waals surface area contributed by atoms with Gasteiger partial charge in [-0.15, -0.1) is 0 Å². The molecule has 2 aliphatic heterocycles. The highest BCUT2D eigenvalue weighted by molar-refractivity contribution is 7.89. The number of carbonyl (C=O) groups excluding carboxylic acids is 1. The fourth-order valence-electron chi connectivity index (χ4n) is 3.41. The Morgan fingerprint density at radius 1 is 1.35 bits per heavy atom. The Labute approximate surface area is 177 Å². The number of nitrogens with one attached hydrogen (secondary N) is 1. The van der Waals surface area contributed by atoms with Crippen LogP contribution in [0.25, 0.3) is 0 Å². The summed E-state index contributed by atoms with van der Waals surface area (Å²) in [5.41, 5.74) is 0.520. The molecule has 174 valence electrons. The summed E-state index contributed by atoms with van der Waals surface area (Å²) in [6, 6.07) is 3.43. The summed E-state index contributed by atoms with van der Waals surface area (Å²) in [7, 11) is -3.19. The SMILES string of the molecule is CCCS(=O)(=O)N1C[C@@H]2[C@@H](CNC(=O)c3cccnc3)CO[C@@H]2C1.O=C(O)C(F)(F)F. The minimum Gasteiger partial charge on any atom is -0.475 e. The van der Waals surface area contributed by atoms with Gasteiger partial charge in [0.05, 0.1) is 24.0 Å². The number of carboxylic acid groups (broad SMARTS) is 1. The molecule has 2 saturated heterocycles. The van der Waals surface area contributed by atoms with Crippen LogP contribution in [0.5, 0.6) is 0 Å². The number of hydrogen-bond acceptors (Lipinski definition) is 6. The van der Waals surface area contributed by atoms with E-state index in [4.69, 9.17) is 14.6 Å². The topological polar surface area (TPSA) is 126 Å². The van der Waals surface area contributed by atoms with Crippen LogP contribution in [0.3, 0.4) is 0 Å². The lowest BCUT2D eigenvalue weighted by Gasteiger charge is -2.19. The number of carboxylic acids is 1. The van der Waals surface area contributed by atoms with E-state index < -0.39 is 22.2 Å². The van der Waals surface area contributed by atoms with Crippen LogP contribution in [0.1, 0.15) is 23.7 Å². The number of alkyl halides is 3. The van der Waals surface area contributed by atoms with Gasteiger partial charge in [0.15, 0.2) is 0 Å². The summed E-state index contributed by atoms with van der Waals surface area (Å²) in [5.74, 6) is -2.47. The molecule has 31 heavy (non-hydrogen) atoms. The Balaban J connectivity index is 0.000000423. The lowest BCUT2D eigenvalue weighted by molar-refractivity contribution is -0.192. The lowest BCUT2D eigenvalue weighted by Crippen LogP contribution is -2.36. The maximum Gasteiger partial charge on any atom is 0.490 e. The van der Waals surface area contributed by atoms with Gasteiger partial charge in [0.1, 0.15) is 0 Å². The van der Waals surface area contributed by atoms with Gasteiger partial charge in [-0.3, -0.25) is 9.78 Å². The zero-order valence-electron chi connectivity index (χ0n) is 16.7. The van der Waals surface area contributed by atoms with Crippen molar-refractivity contribution >= 4 is 21.9 Å². The molecule has 9 nitrogen and oxygen atoms in total. The first kappa shape index (κ1) is 25.0. The fourth-order valence-corrected chi connectivity index (χ4v) is 4.96. The van der Waals surface area contributed by atoms with Crippen molar-refractivity contribution in [2.24, 2.45) is 11.8 Å². The largest absolute Gasteiger partial charge is 0.490 e. The summed E-state index contributed by atoms with van der Waals surface area (Å²) < 4.78 is 63.5. The molecule has 1 aromatic rings. The van der Waals surface area contributed by atoms with Crippen molar-refractivity contribution in [2.75, 3.05) is 32.0 Å². The van der Waals surface area contributed by atoms with Crippen LogP contribution in [0.4, 0.5) is 13.2 Å². The molecule has 0 spiro atoms. The number of hydrogen-bond donors (Lipinski definition) is 2. The van der Waals surface area contributed by atoms with Crippen LogP contribution in [0.2, 0.25) is 0 Å². The second-order valence-corrected chi connectivity index (χ2v) is 9.27. The van der Waals surface area contributed by atoms with E-state index in [0.717, 1.165) is 0 Å². The average molecular weight is 467 g/mol. The molecule has 2 aliphatic rings. The van der Waals surface area contributed by atoms with E-state index in [0.29, 0.717) is 38.2 Å². The van der Waals surface area contributed by atoms with Crippen LogP contribution in [0.15, 0.2) is 24.5 Å². The number of halogens is 3. The fraction of sp³-hybridized carbons (Fsp3) is 0.611. The molecular formula is C18H24F3N3O6S. The summed E-state index contributed by atoms with van der Waals surface area (Å²) in [4.78, 5) is 24.9. The number of aromatic nitrogens is 1. The Morgan fingerprint density at radius 2 is 2.03 bits per heavy atom. The number of aliphatic carboxylic acids is 1. The first-order valence-electron chi connectivity index (χ1n) is 9.53. The van der Waals surface area contributed by atoms with Gasteiger partial charge in [-0.05, 0) is 18.6 Å². The predicted octanol–water partition coefficient (Wildman–Crippen LogP) is 1.13. The zero-order valence-corrected chi connectivity index (χ0v) is 17.5. The number of carbonyl (C=O) groups is 2. The van der Waals surface area contributed by atoms with Crippen LogP contribution >= 0.6 is 0 Å². The van der Waals surface area contributed by atoms with Crippen LogP contribution in [0, 0.1) is 11.8 Å². The molecular weight excluding hydrogens is 443 g/mol. The molecule has 0 radical (unpaired) electrons. The molecule has 0 unspecified atom stereocenters. The van der Waals surface area contributed by atoms with Gasteiger partial charge >= 0.3 is 12.1 Å². The predicted molar refractivity (Wildman–Crippen MR) is 103 cm³/mol. The number of nitrogens with zero attached hydrogens (tertiary/aromatic N) is 2. The van der Waals surface area contributed by atoms with Crippen molar-refractivity contribution in [1.29, 1.82) is 0 Å². The number of sulfonamides is 1. The number of amides is 1. The molecule has 0 saturated carbocycles. The minimum atomic E-state index is -5.08. The van der Waals surface area contributed by atoms with E-state index in [1.54, 1.807) is 22.6 Å². The van der Waals surface area contributed by atoms with Crippen LogP contribution in [-0.4, -0.2) is 79.0 Å². The molecule has 0 aliphatic carbocycles. The highest BCUT2D eigenvalue weighted by Gasteiger charge is 2.46. The third kappa shape index (κ3) is 6.87. The van der Waals surface area contributed by atoms with E-state index >= 15 is 0 Å². The van der Waals surface area contributed by atoms with Crippen molar-refractivity contribution in [3.05, 3.63) is 30.1 Å². The smallest absolute Gasteiger partial charge is 0.475 e. The summed E-state index contributed by atoms with van der Waals surface area (Å²) in [6.07, 6.45) is -1.38. The molecule has 13 heteroatoms. The Morgan fingerprint density at radius 3 is 2.58 bits per heavy atom. The number of fused-ring (bicyclic) bond motifs is 1. The van der Waals surface area contributed by atoms with Gasteiger partial charge < -0.3 is 15.2 Å². The maximum absolute atomic E-state index is 12.2. The van der Waals surface area contributed by atoms with E-state index in [1.165, 1.54) is 6.20 Å². The van der Waals surface area contributed by atoms with Crippen LogP contribution < -0.4 is 5.32 Å². The van der Waals surface area contributed by atoms with Gasteiger partial charge in [0, 0.05) is 43.9 Å². The molecule has 0 aromatic carbocycles. The summed E-state index contributed by atoms with van der Waals surface area (Å²) >= 11 is 0. The highest BCUT2D eigenvalue weighted by atomic mass is 32.2. The molecule has 3 heterocycles. The van der Waals surface area contributed by atoms with Crippen molar-refractivity contribution in [3.63, 3.8) is 0 Å². The van der Waals surface area contributed by atoms with Crippen molar-refractivity contribution in [2.45, 2.75) is 25.6 Å². The Kier molecular flexibility index (Phi) is 8.37. The van der Waals surface area contributed by atoms with E-state index in [9.17, 15) is 26.4 Å². The number of pyridine rings is 1. The van der Waals surface area contributed by atoms with Gasteiger partial charge in [0.25, 0.3) is 5.91 Å². The second kappa shape index (κ2) is 10.4. The first-order chi connectivity index (χ1) is 14.5. The van der Waals surface area contributed by atoms with E-state index in [1.807, 2.05) is 6.92 Å². The molecule has 2 N–H and O–H groups in total. The minimum absolute atomic E-state index is 0.0584. The highest BCUT2D eigenvalue weighted by Crippen LogP contribution is 2.34. The summed E-state index contributed by atoms with van der Waals surface area (Å²) in [5, 5.41) is 10.0.